The highest BCUT2D eigenvalue weighted by Crippen LogP contribution is 2.48. The number of ether oxygens (including phenoxy) is 2. The summed E-state index contributed by atoms with van der Waals surface area (Å²) < 4.78 is 10.5. The summed E-state index contributed by atoms with van der Waals surface area (Å²) in [5.74, 6) is 0.604. The predicted molar refractivity (Wildman–Crippen MR) is 78.5 cm³/mol. The maximum absolute atomic E-state index is 5.97. The van der Waals surface area contributed by atoms with Crippen LogP contribution in [0.5, 0.6) is 5.75 Å². The van der Waals surface area contributed by atoms with Crippen molar-refractivity contribution in [2.75, 3.05) is 25.7 Å². The summed E-state index contributed by atoms with van der Waals surface area (Å²) in [6, 6.07) is 0. The first-order chi connectivity index (χ1) is 8.50. The Labute approximate surface area is 135 Å². The second kappa shape index (κ2) is 8.11. The molecule has 1 aromatic rings. The van der Waals surface area contributed by atoms with Gasteiger partial charge in [-0.25, -0.2) is 0 Å². The van der Waals surface area contributed by atoms with Crippen LogP contribution in [0.4, 0.5) is 0 Å². The molecule has 102 valence electrons. The summed E-state index contributed by atoms with van der Waals surface area (Å²) in [6.07, 6.45) is 0. The Morgan fingerprint density at radius 1 is 0.667 bits per heavy atom. The molecule has 0 aliphatic rings. The molecule has 0 aliphatic heterocycles. The van der Waals surface area contributed by atoms with Crippen LogP contribution in [0.1, 0.15) is 0 Å². The Bertz CT molecular complexity index is 394. The van der Waals surface area contributed by atoms with Crippen molar-refractivity contribution in [1.82, 2.24) is 0 Å². The van der Waals surface area contributed by atoms with Gasteiger partial charge in [-0.1, -0.05) is 58.0 Å². The average Bonchev–Trinajstić information content (AvgIpc) is 2.37. The molecule has 2 nitrogen and oxygen atoms in total. The molecule has 0 unspecified atom stereocenters. The third kappa shape index (κ3) is 4.11. The second-order valence-corrected chi connectivity index (χ2v) is 5.32. The van der Waals surface area contributed by atoms with Crippen molar-refractivity contribution in [3.05, 3.63) is 25.1 Å². The molecular weight excluding hydrogens is 365 g/mol. The Balaban J connectivity index is 2.77. The van der Waals surface area contributed by atoms with Crippen LogP contribution in [-0.2, 0) is 4.74 Å². The molecule has 0 saturated heterocycles. The molecule has 0 radical (unpaired) electrons. The highest BCUT2D eigenvalue weighted by atomic mass is 35.5. The van der Waals surface area contributed by atoms with Crippen molar-refractivity contribution < 1.29 is 9.47 Å². The maximum Gasteiger partial charge on any atom is 0.159 e. The largest absolute Gasteiger partial charge is 0.488 e. The molecule has 18 heavy (non-hydrogen) atoms. The summed E-state index contributed by atoms with van der Waals surface area (Å²) in [7, 11) is 0. The van der Waals surface area contributed by atoms with E-state index in [0.717, 1.165) is 0 Å². The summed E-state index contributed by atoms with van der Waals surface area (Å²) in [6.45, 7) is 1.02. The molecule has 0 spiro atoms. The predicted octanol–water partition coefficient (Wildman–Crippen LogP) is 5.59. The van der Waals surface area contributed by atoms with Gasteiger partial charge in [0.05, 0.1) is 28.3 Å². The van der Waals surface area contributed by atoms with E-state index >= 15 is 0 Å². The van der Waals surface area contributed by atoms with Crippen LogP contribution in [0, 0.1) is 0 Å². The van der Waals surface area contributed by atoms with Crippen LogP contribution in [0.25, 0.3) is 0 Å². The minimum Gasteiger partial charge on any atom is -0.488 e. The van der Waals surface area contributed by atoms with Gasteiger partial charge in [-0.05, 0) is 0 Å². The van der Waals surface area contributed by atoms with Gasteiger partial charge in [-0.15, -0.1) is 11.6 Å². The molecule has 1 aromatic carbocycles. The van der Waals surface area contributed by atoms with E-state index in [0.29, 0.717) is 19.1 Å². The molecule has 8 heteroatoms. The lowest BCUT2D eigenvalue weighted by molar-refractivity contribution is 0.111. The van der Waals surface area contributed by atoms with E-state index in [1.807, 2.05) is 0 Å². The molecule has 0 amide bonds. The normalized spacial score (nSPS) is 10.8. The van der Waals surface area contributed by atoms with E-state index < -0.39 is 0 Å². The van der Waals surface area contributed by atoms with Gasteiger partial charge < -0.3 is 9.47 Å². The van der Waals surface area contributed by atoms with Gasteiger partial charge in [-0.3, -0.25) is 0 Å². The van der Waals surface area contributed by atoms with Gasteiger partial charge in [0.15, 0.2) is 5.75 Å². The highest BCUT2D eigenvalue weighted by molar-refractivity contribution is 6.55. The van der Waals surface area contributed by atoms with Crippen molar-refractivity contribution >= 4 is 69.6 Å². The van der Waals surface area contributed by atoms with E-state index in [1.165, 1.54) is 0 Å². The lowest BCUT2D eigenvalue weighted by Gasteiger charge is -2.13. The fourth-order valence-corrected chi connectivity index (χ4v) is 2.41. The van der Waals surface area contributed by atoms with Gasteiger partial charge in [0.2, 0.25) is 0 Å². The van der Waals surface area contributed by atoms with Gasteiger partial charge in [0.25, 0.3) is 0 Å². The second-order valence-electron chi connectivity index (χ2n) is 3.05. The van der Waals surface area contributed by atoms with Crippen LogP contribution >= 0.6 is 69.6 Å². The van der Waals surface area contributed by atoms with Crippen molar-refractivity contribution in [3.63, 3.8) is 0 Å². The molecule has 0 atom stereocenters. The zero-order valence-corrected chi connectivity index (χ0v) is 13.4. The minimum atomic E-state index is 0.0964. The number of alkyl halides is 1. The van der Waals surface area contributed by atoms with Crippen molar-refractivity contribution in [1.29, 1.82) is 0 Å². The molecule has 0 fully saturated rings. The summed E-state index contributed by atoms with van der Waals surface area (Å²) in [4.78, 5) is 0. The number of hydrogen-bond donors (Lipinski definition) is 0. The first-order valence-electron chi connectivity index (χ1n) is 4.78. The highest BCUT2D eigenvalue weighted by Gasteiger charge is 2.20. The van der Waals surface area contributed by atoms with Crippen LogP contribution in [0.15, 0.2) is 0 Å². The van der Waals surface area contributed by atoms with Crippen LogP contribution in [0.2, 0.25) is 25.1 Å². The van der Waals surface area contributed by atoms with Gasteiger partial charge in [0, 0.05) is 5.88 Å². The zero-order valence-electron chi connectivity index (χ0n) is 8.91. The standard InChI is InChI=1S/C10H8Cl6O2/c11-1-2-17-3-4-18-10-8(15)6(13)5(12)7(14)9(10)16/h1-4H2. The molecule has 0 heterocycles. The molecular formula is C10H8Cl6O2. The lowest BCUT2D eigenvalue weighted by atomic mass is 10.3. The number of benzene rings is 1. The maximum atomic E-state index is 5.97. The third-order valence-electron chi connectivity index (χ3n) is 1.87. The minimum absolute atomic E-state index is 0.0964. The first-order valence-corrected chi connectivity index (χ1v) is 7.21. The summed E-state index contributed by atoms with van der Waals surface area (Å²) >= 11 is 35.0. The van der Waals surface area contributed by atoms with E-state index in [2.05, 4.69) is 0 Å². The fraction of sp³-hybridized carbons (Fsp3) is 0.400. The zero-order chi connectivity index (χ0) is 13.7. The van der Waals surface area contributed by atoms with Gasteiger partial charge >= 0.3 is 0 Å². The first kappa shape index (κ1) is 16.8. The average molecular weight is 373 g/mol. The molecule has 0 aromatic heterocycles. The molecule has 0 N–H and O–H groups in total. The van der Waals surface area contributed by atoms with Crippen LogP contribution in [-0.4, -0.2) is 25.7 Å². The monoisotopic (exact) mass is 370 g/mol. The Kier molecular flexibility index (Phi) is 7.55. The van der Waals surface area contributed by atoms with Crippen molar-refractivity contribution in [2.24, 2.45) is 0 Å². The Morgan fingerprint density at radius 3 is 1.67 bits per heavy atom. The molecule has 0 bridgehead atoms. The van der Waals surface area contributed by atoms with Crippen molar-refractivity contribution in [3.8, 4) is 5.75 Å². The molecule has 0 aliphatic carbocycles. The number of hydrogen-bond acceptors (Lipinski definition) is 2. The molecule has 0 saturated carbocycles. The Hall–Kier alpha value is 0.720. The Morgan fingerprint density at radius 2 is 1.17 bits per heavy atom. The van der Waals surface area contributed by atoms with Gasteiger partial charge in [0.1, 0.15) is 16.7 Å². The number of halogens is 6. The van der Waals surface area contributed by atoms with E-state index in [-0.39, 0.29) is 37.5 Å². The van der Waals surface area contributed by atoms with E-state index in [4.69, 9.17) is 79.1 Å². The van der Waals surface area contributed by atoms with Crippen molar-refractivity contribution in [2.45, 2.75) is 0 Å². The quantitative estimate of drug-likeness (QED) is 0.280. The fourth-order valence-electron chi connectivity index (χ4n) is 1.07. The van der Waals surface area contributed by atoms with E-state index in [1.54, 1.807) is 0 Å². The SMILES string of the molecule is ClCCOCCOc1c(Cl)c(Cl)c(Cl)c(Cl)c1Cl. The van der Waals surface area contributed by atoms with Gasteiger partial charge in [-0.2, -0.15) is 0 Å². The van der Waals surface area contributed by atoms with Crippen LogP contribution < -0.4 is 4.74 Å². The lowest BCUT2D eigenvalue weighted by Crippen LogP contribution is -2.08. The van der Waals surface area contributed by atoms with E-state index in [9.17, 15) is 0 Å². The smallest absolute Gasteiger partial charge is 0.159 e. The topological polar surface area (TPSA) is 18.5 Å². The third-order valence-corrected chi connectivity index (χ3v) is 4.26. The van der Waals surface area contributed by atoms with Crippen LogP contribution in [0.3, 0.4) is 0 Å². The summed E-state index contributed by atoms with van der Waals surface area (Å²) in [5, 5.41) is 0.537. The molecule has 1 rings (SSSR count). The summed E-state index contributed by atoms with van der Waals surface area (Å²) in [5.41, 5.74) is 0. The number of rotatable bonds is 6.